The van der Waals surface area contributed by atoms with Gasteiger partial charge in [0, 0.05) is 17.8 Å². The fourth-order valence-electron chi connectivity index (χ4n) is 3.36. The molecule has 3 aromatic rings. The second kappa shape index (κ2) is 11.0. The van der Waals surface area contributed by atoms with Crippen molar-refractivity contribution in [2.75, 3.05) is 19.5 Å². The Morgan fingerprint density at radius 3 is 2.24 bits per heavy atom. The van der Waals surface area contributed by atoms with Gasteiger partial charge in [-0.2, -0.15) is 0 Å². The van der Waals surface area contributed by atoms with Gasteiger partial charge in [0.05, 0.1) is 40.4 Å². The zero-order valence-corrected chi connectivity index (χ0v) is 19.6. The number of nitro benzene ring substituents is 1. The molecule has 0 spiro atoms. The van der Waals surface area contributed by atoms with E-state index in [0.717, 1.165) is 36.5 Å². The maximum absolute atomic E-state index is 12.2. The van der Waals surface area contributed by atoms with E-state index in [0.29, 0.717) is 21.4 Å². The molecule has 7 nitrogen and oxygen atoms in total. The van der Waals surface area contributed by atoms with Crippen LogP contribution in [-0.4, -0.2) is 25.1 Å². The number of carbonyl (C=O) groups excluding carboxylic acids is 1. The standard InChI is InChI=1S/C24H22Cl2N2O5/c1-32-23-14-21(18(24(29)33-2)13-22(23)28(30)31)27-17-9-6-15(7-10-17)4-3-5-16-8-11-19(25)20(26)12-16/h6-14,27H,3-5H2,1-2H3. The summed E-state index contributed by atoms with van der Waals surface area (Å²) >= 11 is 12.0. The number of nitrogens with one attached hydrogen (secondary N) is 1. The Hall–Kier alpha value is -3.29. The fraction of sp³-hybridized carbons (Fsp3) is 0.208. The summed E-state index contributed by atoms with van der Waals surface area (Å²) in [6, 6.07) is 15.9. The van der Waals surface area contributed by atoms with Gasteiger partial charge in [-0.25, -0.2) is 4.79 Å². The molecule has 0 aliphatic rings. The monoisotopic (exact) mass is 488 g/mol. The van der Waals surface area contributed by atoms with Crippen molar-refractivity contribution in [1.29, 1.82) is 0 Å². The lowest BCUT2D eigenvalue weighted by atomic mass is 10.0. The van der Waals surface area contributed by atoms with Gasteiger partial charge in [0.15, 0.2) is 5.75 Å². The average molecular weight is 489 g/mol. The van der Waals surface area contributed by atoms with Crippen LogP contribution in [0.3, 0.4) is 0 Å². The molecule has 0 saturated carbocycles. The van der Waals surface area contributed by atoms with Crippen molar-refractivity contribution in [3.8, 4) is 5.75 Å². The van der Waals surface area contributed by atoms with E-state index < -0.39 is 10.9 Å². The minimum atomic E-state index is -0.692. The van der Waals surface area contributed by atoms with Gasteiger partial charge >= 0.3 is 11.7 Å². The average Bonchev–Trinajstić information content (AvgIpc) is 2.81. The number of anilines is 2. The third-order valence-electron chi connectivity index (χ3n) is 5.07. The van der Waals surface area contributed by atoms with Gasteiger partial charge in [-0.3, -0.25) is 10.1 Å². The number of carbonyl (C=O) groups is 1. The Kier molecular flexibility index (Phi) is 8.14. The fourth-order valence-corrected chi connectivity index (χ4v) is 3.68. The van der Waals surface area contributed by atoms with Crippen molar-refractivity contribution >= 4 is 46.2 Å². The van der Waals surface area contributed by atoms with Crippen LogP contribution in [-0.2, 0) is 17.6 Å². The Morgan fingerprint density at radius 2 is 1.64 bits per heavy atom. The molecule has 1 N–H and O–H groups in total. The Balaban J connectivity index is 1.71. The molecular formula is C24H22Cl2N2O5. The van der Waals surface area contributed by atoms with Crippen LogP contribution < -0.4 is 10.1 Å². The maximum Gasteiger partial charge on any atom is 0.340 e. The SMILES string of the molecule is COC(=O)c1cc([N+](=O)[O-])c(OC)cc1Nc1ccc(CCCc2ccc(Cl)c(Cl)c2)cc1. The topological polar surface area (TPSA) is 90.7 Å². The van der Waals surface area contributed by atoms with Gasteiger partial charge in [0.1, 0.15) is 0 Å². The summed E-state index contributed by atoms with van der Waals surface area (Å²) in [5.41, 5.74) is 3.05. The first-order valence-corrected chi connectivity index (χ1v) is 10.8. The zero-order chi connectivity index (χ0) is 24.0. The van der Waals surface area contributed by atoms with Crippen LogP contribution in [0.15, 0.2) is 54.6 Å². The summed E-state index contributed by atoms with van der Waals surface area (Å²) in [5, 5.41) is 15.5. The molecule has 0 atom stereocenters. The quantitative estimate of drug-likeness (QED) is 0.207. The molecule has 172 valence electrons. The largest absolute Gasteiger partial charge is 0.490 e. The summed E-state index contributed by atoms with van der Waals surface area (Å²) in [7, 11) is 2.55. The normalized spacial score (nSPS) is 10.5. The first-order valence-electron chi connectivity index (χ1n) is 10.1. The molecule has 0 unspecified atom stereocenters. The smallest absolute Gasteiger partial charge is 0.340 e. The molecule has 0 bridgehead atoms. The Bertz CT molecular complexity index is 1170. The predicted octanol–water partition coefficient (Wildman–Crippen LogP) is 6.62. The lowest BCUT2D eigenvalue weighted by Crippen LogP contribution is -2.08. The lowest BCUT2D eigenvalue weighted by molar-refractivity contribution is -0.385. The van der Waals surface area contributed by atoms with Crippen molar-refractivity contribution in [3.05, 3.63) is 91.4 Å². The summed E-state index contributed by atoms with van der Waals surface area (Å²) < 4.78 is 9.90. The molecule has 0 aliphatic carbocycles. The van der Waals surface area contributed by atoms with Crippen LogP contribution >= 0.6 is 23.2 Å². The molecule has 0 fully saturated rings. The van der Waals surface area contributed by atoms with Gasteiger partial charge in [0.25, 0.3) is 0 Å². The van der Waals surface area contributed by atoms with Crippen molar-refractivity contribution in [2.45, 2.75) is 19.3 Å². The first kappa shape index (κ1) is 24.4. The van der Waals surface area contributed by atoms with Gasteiger partial charge in [-0.15, -0.1) is 0 Å². The van der Waals surface area contributed by atoms with E-state index in [9.17, 15) is 14.9 Å². The van der Waals surface area contributed by atoms with Crippen molar-refractivity contribution in [1.82, 2.24) is 0 Å². The number of rotatable bonds is 9. The third kappa shape index (κ3) is 6.15. The molecule has 0 aliphatic heterocycles. The van der Waals surface area contributed by atoms with Crippen LogP contribution in [0.2, 0.25) is 10.0 Å². The highest BCUT2D eigenvalue weighted by atomic mass is 35.5. The van der Waals surface area contributed by atoms with E-state index >= 15 is 0 Å². The van der Waals surface area contributed by atoms with Crippen LogP contribution in [0, 0.1) is 10.1 Å². The number of benzene rings is 3. The van der Waals surface area contributed by atoms with Gasteiger partial charge in [-0.05, 0) is 54.7 Å². The Morgan fingerprint density at radius 1 is 0.970 bits per heavy atom. The van der Waals surface area contributed by atoms with Crippen LogP contribution in [0.1, 0.15) is 27.9 Å². The second-order valence-corrected chi connectivity index (χ2v) is 8.06. The molecule has 3 aromatic carbocycles. The highest BCUT2D eigenvalue weighted by Crippen LogP contribution is 2.35. The number of nitro groups is 1. The minimum Gasteiger partial charge on any atom is -0.490 e. The second-order valence-electron chi connectivity index (χ2n) is 7.24. The number of nitrogens with zero attached hydrogens (tertiary/aromatic N) is 1. The van der Waals surface area contributed by atoms with Crippen LogP contribution in [0.4, 0.5) is 17.1 Å². The van der Waals surface area contributed by atoms with Crippen molar-refractivity contribution in [2.24, 2.45) is 0 Å². The molecule has 0 amide bonds. The lowest BCUT2D eigenvalue weighted by Gasteiger charge is -2.13. The minimum absolute atomic E-state index is 0.0362. The van der Waals surface area contributed by atoms with E-state index in [1.165, 1.54) is 20.3 Å². The van der Waals surface area contributed by atoms with Gasteiger partial charge in [0.2, 0.25) is 0 Å². The van der Waals surface area contributed by atoms with E-state index in [1.54, 1.807) is 6.07 Å². The van der Waals surface area contributed by atoms with Gasteiger partial charge in [-0.1, -0.05) is 41.4 Å². The summed E-state index contributed by atoms with van der Waals surface area (Å²) in [6.45, 7) is 0. The Labute approximate surface area is 201 Å². The third-order valence-corrected chi connectivity index (χ3v) is 5.81. The van der Waals surface area contributed by atoms with E-state index in [1.807, 2.05) is 36.4 Å². The van der Waals surface area contributed by atoms with Gasteiger partial charge < -0.3 is 14.8 Å². The molecule has 0 radical (unpaired) electrons. The predicted molar refractivity (Wildman–Crippen MR) is 129 cm³/mol. The molecular weight excluding hydrogens is 467 g/mol. The van der Waals surface area contributed by atoms with E-state index in [-0.39, 0.29) is 17.0 Å². The highest BCUT2D eigenvalue weighted by Gasteiger charge is 2.23. The summed E-state index contributed by atoms with van der Waals surface area (Å²) in [4.78, 5) is 22.9. The molecule has 33 heavy (non-hydrogen) atoms. The maximum atomic E-state index is 12.2. The van der Waals surface area contributed by atoms with Crippen molar-refractivity contribution in [3.63, 3.8) is 0 Å². The molecule has 9 heteroatoms. The summed E-state index contributed by atoms with van der Waals surface area (Å²) in [5.74, 6) is -0.656. The number of hydrogen-bond donors (Lipinski definition) is 1. The molecule has 0 saturated heterocycles. The van der Waals surface area contributed by atoms with E-state index in [4.69, 9.17) is 32.7 Å². The summed E-state index contributed by atoms with van der Waals surface area (Å²) in [6.07, 6.45) is 2.69. The van der Waals surface area contributed by atoms with Crippen LogP contribution in [0.25, 0.3) is 0 Å². The van der Waals surface area contributed by atoms with Crippen LogP contribution in [0.5, 0.6) is 5.75 Å². The molecule has 0 aromatic heterocycles. The molecule has 0 heterocycles. The number of hydrogen-bond acceptors (Lipinski definition) is 6. The number of ether oxygens (including phenoxy) is 2. The first-order chi connectivity index (χ1) is 15.8. The number of aryl methyl sites for hydroxylation is 2. The van der Waals surface area contributed by atoms with E-state index in [2.05, 4.69) is 5.32 Å². The number of esters is 1. The van der Waals surface area contributed by atoms with Crippen molar-refractivity contribution < 1.29 is 19.2 Å². The molecule has 3 rings (SSSR count). The highest BCUT2D eigenvalue weighted by molar-refractivity contribution is 6.42. The number of halogens is 2. The zero-order valence-electron chi connectivity index (χ0n) is 18.1. The number of methoxy groups -OCH3 is 2.